The smallest absolute Gasteiger partial charge is 0.191 e. The van der Waals surface area contributed by atoms with E-state index in [1.807, 2.05) is 0 Å². The molecule has 0 saturated carbocycles. The minimum atomic E-state index is 0. The van der Waals surface area contributed by atoms with Crippen molar-refractivity contribution >= 4 is 29.9 Å². The van der Waals surface area contributed by atoms with Gasteiger partial charge in [-0.2, -0.15) is 0 Å². The van der Waals surface area contributed by atoms with Crippen molar-refractivity contribution in [3.63, 3.8) is 0 Å². The van der Waals surface area contributed by atoms with Crippen LogP contribution in [0.15, 0.2) is 4.99 Å². The fourth-order valence-corrected chi connectivity index (χ4v) is 4.25. The van der Waals surface area contributed by atoms with Crippen LogP contribution in [0.2, 0.25) is 0 Å². The highest BCUT2D eigenvalue weighted by molar-refractivity contribution is 14.0. The van der Waals surface area contributed by atoms with Gasteiger partial charge in [0.1, 0.15) is 0 Å². The number of unbranched alkanes of at least 4 members (excludes halogenated alkanes) is 1. The van der Waals surface area contributed by atoms with Crippen molar-refractivity contribution < 1.29 is 4.74 Å². The molecule has 7 heteroatoms. The lowest BCUT2D eigenvalue weighted by molar-refractivity contribution is 0.0992. The molecule has 6 nitrogen and oxygen atoms in total. The van der Waals surface area contributed by atoms with E-state index in [-0.39, 0.29) is 24.0 Å². The Hall–Kier alpha value is -0.120. The number of piperazine rings is 1. The minimum absolute atomic E-state index is 0. The van der Waals surface area contributed by atoms with Gasteiger partial charge in [0, 0.05) is 39.3 Å². The maximum Gasteiger partial charge on any atom is 0.191 e. The first-order valence-electron chi connectivity index (χ1n) is 10.4. The lowest BCUT2D eigenvalue weighted by atomic mass is 9.96. The number of likely N-dealkylation sites (N-methyl/N-ethyl adjacent to an activating group) is 1. The van der Waals surface area contributed by atoms with Crippen LogP contribution in [-0.2, 0) is 4.74 Å². The van der Waals surface area contributed by atoms with Crippen LogP contribution in [0.4, 0.5) is 0 Å². The van der Waals surface area contributed by atoms with Crippen LogP contribution in [-0.4, -0.2) is 86.4 Å². The predicted molar refractivity (Wildman–Crippen MR) is 119 cm³/mol. The molecule has 0 aromatic rings. The molecule has 0 aromatic carbocycles. The van der Waals surface area contributed by atoms with Crippen molar-refractivity contribution in [3.05, 3.63) is 0 Å². The molecule has 3 aliphatic rings. The summed E-state index contributed by atoms with van der Waals surface area (Å²) in [4.78, 5) is 9.92. The van der Waals surface area contributed by atoms with Crippen molar-refractivity contribution in [3.8, 4) is 0 Å². The number of rotatable bonds is 8. The average molecular weight is 479 g/mol. The van der Waals surface area contributed by atoms with E-state index in [9.17, 15) is 0 Å². The Balaban J connectivity index is 0.00000243. The largest absolute Gasteiger partial charge is 0.373 e. The zero-order chi connectivity index (χ0) is 17.5. The van der Waals surface area contributed by atoms with Crippen LogP contribution in [0.3, 0.4) is 0 Å². The third-order valence-corrected chi connectivity index (χ3v) is 5.84. The Labute approximate surface area is 176 Å². The van der Waals surface area contributed by atoms with Gasteiger partial charge in [-0.25, -0.2) is 0 Å². The van der Waals surface area contributed by atoms with Crippen molar-refractivity contribution in [2.24, 2.45) is 4.99 Å². The van der Waals surface area contributed by atoms with E-state index in [2.05, 4.69) is 34.3 Å². The van der Waals surface area contributed by atoms with Gasteiger partial charge in [-0.3, -0.25) is 4.99 Å². The van der Waals surface area contributed by atoms with Gasteiger partial charge in [-0.15, -0.1) is 24.0 Å². The summed E-state index contributed by atoms with van der Waals surface area (Å²) in [5, 5.41) is 6.99. The first-order valence-corrected chi connectivity index (χ1v) is 10.4. The number of hydrogen-bond donors (Lipinski definition) is 2. The molecule has 0 radical (unpaired) electrons. The monoisotopic (exact) mass is 479 g/mol. The molecular weight excluding hydrogens is 441 g/mol. The molecule has 0 aliphatic carbocycles. The summed E-state index contributed by atoms with van der Waals surface area (Å²) >= 11 is 0. The van der Waals surface area contributed by atoms with Crippen LogP contribution in [0, 0.1) is 0 Å². The Kier molecular flexibility index (Phi) is 9.94. The molecule has 3 rings (SSSR count). The van der Waals surface area contributed by atoms with E-state index in [0.29, 0.717) is 18.2 Å². The highest BCUT2D eigenvalue weighted by Crippen LogP contribution is 2.34. The van der Waals surface area contributed by atoms with Crippen molar-refractivity contribution in [1.82, 2.24) is 20.4 Å². The number of fused-ring (bicyclic) bond motifs is 2. The Morgan fingerprint density at radius 2 is 1.85 bits per heavy atom. The molecule has 0 amide bonds. The molecule has 3 unspecified atom stereocenters. The molecule has 2 bridgehead atoms. The second-order valence-corrected chi connectivity index (χ2v) is 7.60. The molecule has 3 fully saturated rings. The molecule has 26 heavy (non-hydrogen) atoms. The lowest BCUT2D eigenvalue weighted by Crippen LogP contribution is -2.47. The molecule has 3 atom stereocenters. The second-order valence-electron chi connectivity index (χ2n) is 7.60. The van der Waals surface area contributed by atoms with Crippen LogP contribution in [0.5, 0.6) is 0 Å². The van der Waals surface area contributed by atoms with Gasteiger partial charge >= 0.3 is 0 Å². The van der Waals surface area contributed by atoms with Crippen molar-refractivity contribution in [2.45, 2.75) is 64.2 Å². The fourth-order valence-electron chi connectivity index (χ4n) is 4.25. The van der Waals surface area contributed by atoms with Gasteiger partial charge in [-0.05, 0) is 52.1 Å². The molecule has 2 N–H and O–H groups in total. The summed E-state index contributed by atoms with van der Waals surface area (Å²) in [5.41, 5.74) is 0. The maximum atomic E-state index is 5.94. The number of aliphatic imine (C=N–C) groups is 1. The van der Waals surface area contributed by atoms with Crippen LogP contribution >= 0.6 is 24.0 Å². The van der Waals surface area contributed by atoms with Gasteiger partial charge in [-0.1, -0.05) is 6.92 Å². The topological polar surface area (TPSA) is 52.1 Å². The van der Waals surface area contributed by atoms with E-state index in [1.165, 1.54) is 58.5 Å². The Morgan fingerprint density at radius 3 is 2.46 bits per heavy atom. The lowest BCUT2D eigenvalue weighted by Gasteiger charge is -2.33. The second kappa shape index (κ2) is 11.7. The molecule has 3 heterocycles. The fraction of sp³-hybridized carbons (Fsp3) is 0.947. The van der Waals surface area contributed by atoms with E-state index >= 15 is 0 Å². The van der Waals surface area contributed by atoms with Gasteiger partial charge in [0.25, 0.3) is 0 Å². The SMILES string of the molecule is CCNC(=NCCCCN1CCN(CC)CC1)NC1CC2CCC1O2.I. The summed E-state index contributed by atoms with van der Waals surface area (Å²) in [6, 6.07) is 0.450. The highest BCUT2D eigenvalue weighted by Gasteiger charge is 2.41. The zero-order valence-corrected chi connectivity index (χ0v) is 18.9. The molecule has 0 spiro atoms. The average Bonchev–Trinajstić information content (AvgIpc) is 3.25. The minimum Gasteiger partial charge on any atom is -0.373 e. The van der Waals surface area contributed by atoms with E-state index < -0.39 is 0 Å². The normalized spacial score (nSPS) is 29.6. The number of hydrogen-bond acceptors (Lipinski definition) is 4. The first-order chi connectivity index (χ1) is 12.3. The van der Waals surface area contributed by atoms with Crippen molar-refractivity contribution in [1.29, 1.82) is 0 Å². The summed E-state index contributed by atoms with van der Waals surface area (Å²) in [6.07, 6.45) is 6.87. The predicted octanol–water partition coefficient (Wildman–Crippen LogP) is 1.90. The standard InChI is InChI=1S/C19H37N5O.HI/c1-3-20-19(22-17-15-16-7-8-18(17)25-16)21-9-5-6-10-24-13-11-23(4-2)12-14-24;/h16-18H,3-15H2,1-2H3,(H2,20,21,22);1H. The molecule has 3 aliphatic heterocycles. The van der Waals surface area contributed by atoms with Gasteiger partial charge in [0.15, 0.2) is 5.96 Å². The van der Waals surface area contributed by atoms with Crippen LogP contribution in [0.1, 0.15) is 46.0 Å². The number of guanidine groups is 1. The Morgan fingerprint density at radius 1 is 1.08 bits per heavy atom. The van der Waals surface area contributed by atoms with E-state index in [1.54, 1.807) is 0 Å². The molecule has 0 aromatic heterocycles. The number of nitrogens with one attached hydrogen (secondary N) is 2. The summed E-state index contributed by atoms with van der Waals surface area (Å²) in [6.45, 7) is 13.5. The summed E-state index contributed by atoms with van der Waals surface area (Å²) < 4.78 is 5.94. The van der Waals surface area contributed by atoms with Gasteiger partial charge in [0.05, 0.1) is 18.2 Å². The summed E-state index contributed by atoms with van der Waals surface area (Å²) in [7, 11) is 0. The quantitative estimate of drug-likeness (QED) is 0.241. The van der Waals surface area contributed by atoms with Crippen LogP contribution in [0.25, 0.3) is 0 Å². The van der Waals surface area contributed by atoms with Gasteiger partial charge in [0.2, 0.25) is 0 Å². The third kappa shape index (κ3) is 6.49. The molecular formula is C19H38IN5O. The number of ether oxygens (including phenoxy) is 1. The Bertz CT molecular complexity index is 428. The maximum absolute atomic E-state index is 5.94. The first kappa shape index (κ1) is 22.2. The number of halogens is 1. The van der Waals surface area contributed by atoms with E-state index in [4.69, 9.17) is 9.73 Å². The molecule has 152 valence electrons. The van der Waals surface area contributed by atoms with Gasteiger partial charge < -0.3 is 25.2 Å². The molecule has 3 saturated heterocycles. The highest BCUT2D eigenvalue weighted by atomic mass is 127. The zero-order valence-electron chi connectivity index (χ0n) is 16.6. The van der Waals surface area contributed by atoms with Crippen LogP contribution < -0.4 is 10.6 Å². The number of nitrogens with zero attached hydrogens (tertiary/aromatic N) is 3. The third-order valence-electron chi connectivity index (χ3n) is 5.84. The summed E-state index contributed by atoms with van der Waals surface area (Å²) in [5.74, 6) is 0.972. The van der Waals surface area contributed by atoms with E-state index in [0.717, 1.165) is 31.9 Å². The van der Waals surface area contributed by atoms with Crippen molar-refractivity contribution in [2.75, 3.05) is 52.4 Å².